The van der Waals surface area contributed by atoms with Crippen LogP contribution >= 0.6 is 0 Å². The van der Waals surface area contributed by atoms with E-state index in [1.165, 1.54) is 7.05 Å². The molecule has 2 rings (SSSR count). The summed E-state index contributed by atoms with van der Waals surface area (Å²) in [7, 11) is 1.53. The topological polar surface area (TPSA) is 100 Å². The molecule has 112 valence electrons. The van der Waals surface area contributed by atoms with Crippen LogP contribution in [0.2, 0.25) is 0 Å². The summed E-state index contributed by atoms with van der Waals surface area (Å²) in [5.41, 5.74) is -0.938. The first-order chi connectivity index (χ1) is 9.92. The number of hydrogen-bond acceptors (Lipinski definition) is 6. The fourth-order valence-corrected chi connectivity index (χ4v) is 1.75. The largest absolute Gasteiger partial charge is 0.463 e. The van der Waals surface area contributed by atoms with Crippen LogP contribution in [0.25, 0.3) is 0 Å². The zero-order valence-electron chi connectivity index (χ0n) is 12.2. The second-order valence-corrected chi connectivity index (χ2v) is 4.92. The van der Waals surface area contributed by atoms with E-state index >= 15 is 0 Å². The molecular formula is C14H18N4O3. The van der Waals surface area contributed by atoms with Crippen molar-refractivity contribution in [3.05, 3.63) is 41.5 Å². The highest BCUT2D eigenvalue weighted by atomic mass is 16.4. The number of rotatable bonds is 5. The van der Waals surface area contributed by atoms with Crippen LogP contribution in [0.3, 0.4) is 0 Å². The van der Waals surface area contributed by atoms with Crippen LogP contribution < -0.4 is 10.6 Å². The molecule has 0 radical (unpaired) electrons. The second kappa shape index (κ2) is 5.92. The average Bonchev–Trinajstić information content (AvgIpc) is 2.92. The Kier molecular flexibility index (Phi) is 4.23. The maximum atomic E-state index is 11.3. The first kappa shape index (κ1) is 15.0. The molecule has 0 aliphatic rings. The van der Waals surface area contributed by atoms with Crippen LogP contribution in [0.4, 0.5) is 5.82 Å². The zero-order valence-corrected chi connectivity index (χ0v) is 12.2. The van der Waals surface area contributed by atoms with Crippen molar-refractivity contribution in [3.8, 4) is 0 Å². The molecule has 0 aromatic carbocycles. The quantitative estimate of drug-likeness (QED) is 0.761. The van der Waals surface area contributed by atoms with Gasteiger partial charge in [-0.3, -0.25) is 4.79 Å². The Morgan fingerprint density at radius 1 is 1.33 bits per heavy atom. The number of anilines is 1. The lowest BCUT2D eigenvalue weighted by atomic mass is 10.0. The lowest BCUT2D eigenvalue weighted by molar-refractivity contribution is 0.0467. The van der Waals surface area contributed by atoms with E-state index in [9.17, 15) is 9.90 Å². The first-order valence-electron chi connectivity index (χ1n) is 6.51. The Labute approximate surface area is 122 Å². The van der Waals surface area contributed by atoms with Crippen molar-refractivity contribution in [2.24, 2.45) is 0 Å². The van der Waals surface area contributed by atoms with Gasteiger partial charge < -0.3 is 20.2 Å². The van der Waals surface area contributed by atoms with E-state index in [0.717, 1.165) is 5.76 Å². The minimum atomic E-state index is -1.17. The molecule has 7 nitrogen and oxygen atoms in total. The molecule has 1 atom stereocenters. The molecule has 2 aromatic rings. The molecule has 0 spiro atoms. The van der Waals surface area contributed by atoms with Crippen molar-refractivity contribution >= 4 is 11.7 Å². The summed E-state index contributed by atoms with van der Waals surface area (Å²) in [5.74, 6) is 1.38. The Bertz CT molecular complexity index is 619. The van der Waals surface area contributed by atoms with Crippen molar-refractivity contribution < 1.29 is 14.3 Å². The molecule has 2 aromatic heterocycles. The summed E-state index contributed by atoms with van der Waals surface area (Å²) >= 11 is 0. The number of amides is 1. The number of aromatic nitrogens is 2. The van der Waals surface area contributed by atoms with Gasteiger partial charge in [-0.1, -0.05) is 0 Å². The van der Waals surface area contributed by atoms with Gasteiger partial charge in [0.1, 0.15) is 22.9 Å². The van der Waals surface area contributed by atoms with E-state index in [2.05, 4.69) is 20.8 Å². The van der Waals surface area contributed by atoms with Crippen molar-refractivity contribution in [2.45, 2.75) is 19.4 Å². The summed E-state index contributed by atoms with van der Waals surface area (Å²) in [6.07, 6.45) is 0. The van der Waals surface area contributed by atoms with Gasteiger partial charge in [-0.15, -0.1) is 10.2 Å². The number of hydrogen-bond donors (Lipinski definition) is 3. The van der Waals surface area contributed by atoms with E-state index in [4.69, 9.17) is 4.42 Å². The number of nitrogens with one attached hydrogen (secondary N) is 2. The summed E-state index contributed by atoms with van der Waals surface area (Å²) in [6.45, 7) is 3.66. The van der Waals surface area contributed by atoms with Gasteiger partial charge in [0.2, 0.25) is 0 Å². The molecule has 0 bridgehead atoms. The predicted molar refractivity (Wildman–Crippen MR) is 76.9 cm³/mol. The smallest absolute Gasteiger partial charge is 0.271 e. The third-order valence-electron chi connectivity index (χ3n) is 3.01. The van der Waals surface area contributed by atoms with E-state index in [0.29, 0.717) is 11.6 Å². The van der Waals surface area contributed by atoms with Gasteiger partial charge >= 0.3 is 0 Å². The van der Waals surface area contributed by atoms with Gasteiger partial charge in [0.15, 0.2) is 5.69 Å². The standard InChI is InChI=1S/C14H18N4O3/c1-9-4-6-11(21-9)14(2,20)8-16-12-7-5-10(17-18-12)13(19)15-3/h4-7,20H,8H2,1-3H3,(H,15,19)(H,16,18). The highest BCUT2D eigenvalue weighted by molar-refractivity contribution is 5.91. The van der Waals surface area contributed by atoms with E-state index in [1.54, 1.807) is 31.2 Å². The van der Waals surface area contributed by atoms with Crippen LogP contribution in [-0.4, -0.2) is 34.8 Å². The van der Waals surface area contributed by atoms with Crippen LogP contribution in [0.15, 0.2) is 28.7 Å². The van der Waals surface area contributed by atoms with Crippen LogP contribution in [0.1, 0.15) is 28.9 Å². The van der Waals surface area contributed by atoms with Crippen molar-refractivity contribution in [2.75, 3.05) is 18.9 Å². The number of nitrogens with zero attached hydrogens (tertiary/aromatic N) is 2. The van der Waals surface area contributed by atoms with Gasteiger partial charge in [0.05, 0.1) is 6.54 Å². The lowest BCUT2D eigenvalue weighted by Crippen LogP contribution is -2.30. The third-order valence-corrected chi connectivity index (χ3v) is 3.01. The van der Waals surface area contributed by atoms with Crippen LogP contribution in [0, 0.1) is 6.92 Å². The summed E-state index contributed by atoms with van der Waals surface area (Å²) < 4.78 is 5.42. The molecule has 0 aliphatic heterocycles. The molecule has 3 N–H and O–H groups in total. The minimum Gasteiger partial charge on any atom is -0.463 e. The number of aryl methyl sites for hydroxylation is 1. The molecule has 1 unspecified atom stereocenters. The predicted octanol–water partition coefficient (Wildman–Crippen LogP) is 1.06. The van der Waals surface area contributed by atoms with E-state index in [-0.39, 0.29) is 18.1 Å². The molecule has 0 aliphatic carbocycles. The SMILES string of the molecule is CNC(=O)c1ccc(NCC(C)(O)c2ccc(C)o2)nn1. The Balaban J connectivity index is 2.01. The third kappa shape index (κ3) is 3.57. The number of carbonyl (C=O) groups is 1. The van der Waals surface area contributed by atoms with Crippen molar-refractivity contribution in [3.63, 3.8) is 0 Å². The van der Waals surface area contributed by atoms with Crippen LogP contribution in [0.5, 0.6) is 0 Å². The molecule has 2 heterocycles. The minimum absolute atomic E-state index is 0.202. The van der Waals surface area contributed by atoms with Crippen LogP contribution in [-0.2, 0) is 5.60 Å². The summed E-state index contributed by atoms with van der Waals surface area (Å²) in [6, 6.07) is 6.71. The molecule has 0 saturated heterocycles. The molecule has 0 saturated carbocycles. The zero-order chi connectivity index (χ0) is 15.5. The van der Waals surface area contributed by atoms with Crippen molar-refractivity contribution in [1.82, 2.24) is 15.5 Å². The Morgan fingerprint density at radius 3 is 2.62 bits per heavy atom. The van der Waals surface area contributed by atoms with Gasteiger partial charge in [-0.05, 0) is 38.1 Å². The molecule has 21 heavy (non-hydrogen) atoms. The highest BCUT2D eigenvalue weighted by Gasteiger charge is 2.26. The van der Waals surface area contributed by atoms with E-state index in [1.807, 2.05) is 6.92 Å². The molecular weight excluding hydrogens is 272 g/mol. The molecule has 1 amide bonds. The number of furan rings is 1. The number of aliphatic hydroxyl groups is 1. The summed E-state index contributed by atoms with van der Waals surface area (Å²) in [4.78, 5) is 11.3. The fourth-order valence-electron chi connectivity index (χ4n) is 1.75. The van der Waals surface area contributed by atoms with Gasteiger partial charge in [-0.25, -0.2) is 0 Å². The monoisotopic (exact) mass is 290 g/mol. The Morgan fingerprint density at radius 2 is 2.10 bits per heavy atom. The lowest BCUT2D eigenvalue weighted by Gasteiger charge is -2.21. The Hall–Kier alpha value is -2.41. The fraction of sp³-hybridized carbons (Fsp3) is 0.357. The van der Waals surface area contributed by atoms with E-state index < -0.39 is 5.60 Å². The first-order valence-corrected chi connectivity index (χ1v) is 6.51. The number of carbonyl (C=O) groups excluding carboxylic acids is 1. The van der Waals surface area contributed by atoms with Crippen molar-refractivity contribution in [1.29, 1.82) is 0 Å². The summed E-state index contributed by atoms with van der Waals surface area (Å²) in [5, 5.41) is 23.5. The second-order valence-electron chi connectivity index (χ2n) is 4.92. The van der Waals surface area contributed by atoms with Gasteiger partial charge in [0, 0.05) is 7.05 Å². The maximum Gasteiger partial charge on any atom is 0.271 e. The molecule has 7 heteroatoms. The van der Waals surface area contributed by atoms with Gasteiger partial charge in [0.25, 0.3) is 5.91 Å². The normalized spacial score (nSPS) is 13.5. The maximum absolute atomic E-state index is 11.3. The average molecular weight is 290 g/mol. The highest BCUT2D eigenvalue weighted by Crippen LogP contribution is 2.23. The van der Waals surface area contributed by atoms with Gasteiger partial charge in [-0.2, -0.15) is 0 Å². The molecule has 0 fully saturated rings.